The molecule has 1 aromatic carbocycles. The molecular weight excluding hydrogens is 259 g/mol. The Morgan fingerprint density at radius 2 is 1.85 bits per heavy atom. The van der Waals surface area contributed by atoms with E-state index in [2.05, 4.69) is 69.3 Å². The zero-order valence-electron chi connectivity index (χ0n) is 13.4. The monoisotopic (exact) mass is 286 g/mol. The van der Waals surface area contributed by atoms with E-state index in [1.807, 2.05) is 13.8 Å². The van der Waals surface area contributed by atoms with Crippen molar-refractivity contribution >= 4 is 13.9 Å². The van der Waals surface area contributed by atoms with Gasteiger partial charge in [-0.3, -0.25) is 0 Å². The normalized spacial score (nSPS) is 19.4. The van der Waals surface area contributed by atoms with Gasteiger partial charge in [-0.15, -0.1) is 0 Å². The van der Waals surface area contributed by atoms with Crippen LogP contribution in [-0.4, -0.2) is 0 Å². The predicted molar refractivity (Wildman–Crippen MR) is 95.4 cm³/mol. The van der Waals surface area contributed by atoms with Gasteiger partial charge in [0.05, 0.1) is 0 Å². The summed E-state index contributed by atoms with van der Waals surface area (Å²) < 4.78 is 0. The van der Waals surface area contributed by atoms with Crippen LogP contribution < -0.4 is 5.30 Å². The fourth-order valence-corrected chi connectivity index (χ4v) is 4.00. The first kappa shape index (κ1) is 16.9. The van der Waals surface area contributed by atoms with Crippen LogP contribution in [0.15, 0.2) is 59.5 Å². The first-order valence-corrected chi connectivity index (χ1v) is 8.67. The van der Waals surface area contributed by atoms with Crippen LogP contribution in [-0.2, 0) is 0 Å². The maximum Gasteiger partial charge on any atom is 0.00735 e. The Hall–Kier alpha value is -1.13. The summed E-state index contributed by atoms with van der Waals surface area (Å²) in [5, 5.41) is 3.00. The fourth-order valence-electron chi connectivity index (χ4n) is 2.39. The highest BCUT2D eigenvalue weighted by atomic mass is 31.1. The molecular formula is C19H27P. The average Bonchev–Trinajstić information content (AvgIpc) is 2.49. The van der Waals surface area contributed by atoms with Crippen molar-refractivity contribution in [2.45, 2.75) is 47.0 Å². The lowest BCUT2D eigenvalue weighted by Crippen LogP contribution is -2.14. The quantitative estimate of drug-likeness (QED) is 0.604. The van der Waals surface area contributed by atoms with Crippen molar-refractivity contribution < 1.29 is 0 Å². The van der Waals surface area contributed by atoms with E-state index < -0.39 is 0 Å². The maximum atomic E-state index is 2.32. The summed E-state index contributed by atoms with van der Waals surface area (Å²) in [7, 11) is 0.790. The van der Waals surface area contributed by atoms with E-state index in [-0.39, 0.29) is 0 Å². The van der Waals surface area contributed by atoms with E-state index in [4.69, 9.17) is 0 Å². The molecule has 0 aliphatic carbocycles. The van der Waals surface area contributed by atoms with Crippen LogP contribution in [0.25, 0.3) is 0 Å². The van der Waals surface area contributed by atoms with Crippen molar-refractivity contribution in [1.82, 2.24) is 0 Å². The second kappa shape index (κ2) is 8.93. The van der Waals surface area contributed by atoms with Crippen LogP contribution >= 0.6 is 8.58 Å². The lowest BCUT2D eigenvalue weighted by molar-refractivity contribution is 0.920. The molecule has 0 saturated carbocycles. The lowest BCUT2D eigenvalue weighted by atomic mass is 9.91. The summed E-state index contributed by atoms with van der Waals surface area (Å²) in [6.07, 6.45) is 10.1. The van der Waals surface area contributed by atoms with Crippen molar-refractivity contribution in [3.05, 3.63) is 65.0 Å². The van der Waals surface area contributed by atoms with Crippen molar-refractivity contribution in [1.29, 1.82) is 0 Å². The van der Waals surface area contributed by atoms with Gasteiger partial charge in [0.25, 0.3) is 0 Å². The third-order valence-corrected chi connectivity index (χ3v) is 4.79. The molecule has 0 fully saturated rings. The maximum absolute atomic E-state index is 2.32. The first-order valence-electron chi connectivity index (χ1n) is 7.67. The van der Waals surface area contributed by atoms with Gasteiger partial charge in [-0.05, 0) is 35.1 Å². The molecule has 0 N–H and O–H groups in total. The highest BCUT2D eigenvalue weighted by Gasteiger charge is 2.21. The molecule has 2 unspecified atom stereocenters. The van der Waals surface area contributed by atoms with E-state index >= 15 is 0 Å². The molecule has 1 aliphatic rings. The highest BCUT2D eigenvalue weighted by Crippen LogP contribution is 2.41. The summed E-state index contributed by atoms with van der Waals surface area (Å²) in [5.74, 6) is 0.511. The van der Waals surface area contributed by atoms with E-state index in [1.165, 1.54) is 21.8 Å². The molecule has 1 aliphatic heterocycles. The molecule has 20 heavy (non-hydrogen) atoms. The summed E-state index contributed by atoms with van der Waals surface area (Å²) in [4.78, 5) is 0. The molecule has 0 bridgehead atoms. The number of benzene rings is 1. The minimum atomic E-state index is 0.511. The minimum absolute atomic E-state index is 0.511. The first-order chi connectivity index (χ1) is 9.77. The molecule has 0 aromatic heterocycles. The average molecular weight is 286 g/mol. The van der Waals surface area contributed by atoms with Crippen molar-refractivity contribution in [2.75, 3.05) is 0 Å². The van der Waals surface area contributed by atoms with Crippen LogP contribution in [0.3, 0.4) is 0 Å². The predicted octanol–water partition coefficient (Wildman–Crippen LogP) is 5.93. The Balaban J connectivity index is 0.000000956. The summed E-state index contributed by atoms with van der Waals surface area (Å²) >= 11 is 0. The SMILES string of the molecule is CC.C\C=C/C1=C(\C=C/CC)C(C)c2ccccc2P1. The van der Waals surface area contributed by atoms with E-state index in [9.17, 15) is 0 Å². The Bertz CT molecular complexity index is 506. The molecule has 0 nitrogen and oxygen atoms in total. The summed E-state index contributed by atoms with van der Waals surface area (Å²) in [6, 6.07) is 8.85. The van der Waals surface area contributed by atoms with Crippen molar-refractivity contribution in [2.24, 2.45) is 0 Å². The van der Waals surface area contributed by atoms with Crippen LogP contribution in [0.5, 0.6) is 0 Å². The van der Waals surface area contributed by atoms with Crippen LogP contribution in [0.2, 0.25) is 0 Å². The summed E-state index contributed by atoms with van der Waals surface area (Å²) in [5.41, 5.74) is 2.99. The van der Waals surface area contributed by atoms with E-state index in [0.29, 0.717) is 5.92 Å². The smallest absolute Gasteiger partial charge is 0.00735 e. The molecule has 0 saturated heterocycles. The molecule has 1 heterocycles. The Morgan fingerprint density at radius 3 is 2.50 bits per heavy atom. The standard InChI is InChI=1S/C17H21P.C2H6/c1-4-6-10-14-13(3)15-11-7-8-12-17(15)18-16(14)9-5-2;1-2/h5-13,18H,4H2,1-3H3;1-2H3/b9-5-,10-6-;. The molecule has 0 spiro atoms. The van der Waals surface area contributed by atoms with Gasteiger partial charge in [-0.25, -0.2) is 0 Å². The zero-order chi connectivity index (χ0) is 15.0. The van der Waals surface area contributed by atoms with Crippen LogP contribution in [0.1, 0.15) is 52.5 Å². The second-order valence-electron chi connectivity index (χ2n) is 4.61. The van der Waals surface area contributed by atoms with Gasteiger partial charge in [-0.1, -0.05) is 84.8 Å². The van der Waals surface area contributed by atoms with Crippen molar-refractivity contribution in [3.63, 3.8) is 0 Å². The Labute approximate surface area is 126 Å². The second-order valence-corrected chi connectivity index (χ2v) is 5.94. The number of fused-ring (bicyclic) bond motifs is 1. The Morgan fingerprint density at radius 1 is 1.15 bits per heavy atom. The molecule has 0 amide bonds. The van der Waals surface area contributed by atoms with Gasteiger partial charge >= 0.3 is 0 Å². The third kappa shape index (κ3) is 3.93. The van der Waals surface area contributed by atoms with Gasteiger partial charge in [-0.2, -0.15) is 0 Å². The van der Waals surface area contributed by atoms with Gasteiger partial charge < -0.3 is 0 Å². The lowest BCUT2D eigenvalue weighted by Gasteiger charge is -2.26. The van der Waals surface area contributed by atoms with Gasteiger partial charge in [0.2, 0.25) is 0 Å². The minimum Gasteiger partial charge on any atom is -0.0870 e. The third-order valence-electron chi connectivity index (χ3n) is 3.34. The van der Waals surface area contributed by atoms with Crippen LogP contribution in [0, 0.1) is 0 Å². The number of rotatable bonds is 3. The van der Waals surface area contributed by atoms with Gasteiger partial charge in [0.15, 0.2) is 0 Å². The largest absolute Gasteiger partial charge is 0.0870 e. The van der Waals surface area contributed by atoms with Gasteiger partial charge in [0.1, 0.15) is 0 Å². The number of hydrogen-bond acceptors (Lipinski definition) is 0. The highest BCUT2D eigenvalue weighted by molar-refractivity contribution is 7.52. The number of hydrogen-bond donors (Lipinski definition) is 0. The van der Waals surface area contributed by atoms with E-state index in [0.717, 1.165) is 15.0 Å². The van der Waals surface area contributed by atoms with Crippen LogP contribution in [0.4, 0.5) is 0 Å². The fraction of sp³-hybridized carbons (Fsp3) is 0.368. The molecule has 1 heteroatoms. The van der Waals surface area contributed by atoms with Gasteiger partial charge in [0, 0.05) is 5.92 Å². The van der Waals surface area contributed by atoms with E-state index in [1.54, 1.807) is 0 Å². The topological polar surface area (TPSA) is 0 Å². The molecule has 0 radical (unpaired) electrons. The molecule has 108 valence electrons. The Kier molecular flexibility index (Phi) is 7.55. The molecule has 1 aromatic rings. The number of allylic oxidation sites excluding steroid dienone is 6. The zero-order valence-corrected chi connectivity index (χ0v) is 14.4. The van der Waals surface area contributed by atoms with Crippen molar-refractivity contribution in [3.8, 4) is 0 Å². The molecule has 2 atom stereocenters. The summed E-state index contributed by atoms with van der Waals surface area (Å²) in [6.45, 7) is 10.6. The molecule has 2 rings (SSSR count).